The number of aliphatic hydroxyl groups is 3. The molecule has 3 N–H and O–H groups in total. The molecule has 0 aromatic rings. The van der Waals surface area contributed by atoms with Gasteiger partial charge in [0.25, 0.3) is 0 Å². The van der Waals surface area contributed by atoms with E-state index in [1.165, 1.54) is 64.2 Å². The minimum absolute atomic E-state index is 0.123. The summed E-state index contributed by atoms with van der Waals surface area (Å²) in [7, 11) is 0. The van der Waals surface area contributed by atoms with Crippen molar-refractivity contribution in [3.05, 3.63) is 48.6 Å². The molecule has 0 spiro atoms. The van der Waals surface area contributed by atoms with Gasteiger partial charge in [-0.1, -0.05) is 140 Å². The number of hydrogen-bond acceptors (Lipinski definition) is 7. The highest BCUT2D eigenvalue weighted by Gasteiger charge is 2.16. The molecule has 0 amide bonds. The lowest BCUT2D eigenvalue weighted by atomic mass is 10.0. The van der Waals surface area contributed by atoms with Crippen LogP contribution < -0.4 is 0 Å². The summed E-state index contributed by atoms with van der Waals surface area (Å²) in [5.74, 6) is -0.0387. The molecule has 0 radical (unpaired) electrons. The van der Waals surface area contributed by atoms with E-state index in [9.17, 15) is 24.9 Å². The van der Waals surface area contributed by atoms with Crippen molar-refractivity contribution < 1.29 is 34.4 Å². The van der Waals surface area contributed by atoms with Gasteiger partial charge in [-0.15, -0.1) is 0 Å². The van der Waals surface area contributed by atoms with Gasteiger partial charge in [0.15, 0.2) is 6.10 Å². The molecule has 0 aliphatic rings. The van der Waals surface area contributed by atoms with Gasteiger partial charge in [0.1, 0.15) is 6.61 Å². The first kappa shape index (κ1) is 42.8. The second-order valence-electron chi connectivity index (χ2n) is 12.5. The Bertz CT molecular complexity index is 815. The Balaban J connectivity index is 3.90. The van der Waals surface area contributed by atoms with Crippen LogP contribution in [0.3, 0.4) is 0 Å². The Hall–Kier alpha value is -2.22. The van der Waals surface area contributed by atoms with E-state index in [0.717, 1.165) is 31.6 Å². The second kappa shape index (κ2) is 31.7. The number of carbonyl (C=O) groups is 2. The third-order valence-corrected chi connectivity index (χ3v) is 7.49. The van der Waals surface area contributed by atoms with Crippen LogP contribution in [0.2, 0.25) is 0 Å². The fourth-order valence-corrected chi connectivity index (χ4v) is 4.70. The van der Waals surface area contributed by atoms with Crippen molar-refractivity contribution in [2.75, 3.05) is 13.2 Å². The highest BCUT2D eigenvalue weighted by molar-refractivity contribution is 5.70. The first-order valence-corrected chi connectivity index (χ1v) is 17.8. The molecule has 45 heavy (non-hydrogen) atoms. The molecular weight excluding hydrogens is 568 g/mol. The van der Waals surface area contributed by atoms with E-state index in [4.69, 9.17) is 9.47 Å². The molecule has 0 heterocycles. The Labute approximate surface area is 274 Å². The molecule has 0 aromatic carbocycles. The molecule has 0 saturated heterocycles. The van der Waals surface area contributed by atoms with Crippen molar-refractivity contribution >= 4 is 11.9 Å². The van der Waals surface area contributed by atoms with Crippen LogP contribution in [0.15, 0.2) is 48.6 Å². The van der Waals surface area contributed by atoms with Gasteiger partial charge in [0.05, 0.1) is 18.8 Å². The lowest BCUT2D eigenvalue weighted by molar-refractivity contribution is -0.161. The first-order valence-electron chi connectivity index (χ1n) is 17.8. The fourth-order valence-electron chi connectivity index (χ4n) is 4.70. The van der Waals surface area contributed by atoms with Gasteiger partial charge in [-0.3, -0.25) is 9.59 Å². The number of rotatable bonds is 30. The van der Waals surface area contributed by atoms with Crippen LogP contribution in [-0.4, -0.2) is 58.8 Å². The third kappa shape index (κ3) is 31.5. The zero-order chi connectivity index (χ0) is 33.4. The van der Waals surface area contributed by atoms with Gasteiger partial charge in [-0.2, -0.15) is 0 Å². The average Bonchev–Trinajstić information content (AvgIpc) is 3.01. The average molecular weight is 635 g/mol. The number of ether oxygens (including phenoxy) is 2. The number of aliphatic hydroxyl groups excluding tert-OH is 3. The molecule has 0 rings (SSSR count). The maximum Gasteiger partial charge on any atom is 0.306 e. The smallest absolute Gasteiger partial charge is 0.306 e. The second-order valence-corrected chi connectivity index (χ2v) is 12.5. The Morgan fingerprint density at radius 2 is 1.27 bits per heavy atom. The first-order chi connectivity index (χ1) is 21.8. The van der Waals surface area contributed by atoms with Crippen LogP contribution in [0.5, 0.6) is 0 Å². The summed E-state index contributed by atoms with van der Waals surface area (Å²) in [4.78, 5) is 24.2. The van der Waals surface area contributed by atoms with Crippen LogP contribution in [0.1, 0.15) is 143 Å². The maximum atomic E-state index is 12.1. The predicted octanol–water partition coefficient (Wildman–Crippen LogP) is 8.47. The van der Waals surface area contributed by atoms with Crippen molar-refractivity contribution in [2.45, 2.75) is 161 Å². The topological polar surface area (TPSA) is 113 Å². The summed E-state index contributed by atoms with van der Waals surface area (Å²) in [5.41, 5.74) is 0. The molecule has 7 nitrogen and oxygen atoms in total. The largest absolute Gasteiger partial charge is 0.462 e. The molecule has 260 valence electrons. The molecule has 0 fully saturated rings. The third-order valence-electron chi connectivity index (χ3n) is 7.49. The Morgan fingerprint density at radius 1 is 0.667 bits per heavy atom. The van der Waals surface area contributed by atoms with E-state index in [2.05, 4.69) is 26.8 Å². The molecular formula is C38H66O7. The van der Waals surface area contributed by atoms with Gasteiger partial charge in [0.2, 0.25) is 0 Å². The van der Waals surface area contributed by atoms with Crippen LogP contribution in [-0.2, 0) is 19.1 Å². The summed E-state index contributed by atoms with van der Waals surface area (Å²) in [5, 5.41) is 29.6. The Morgan fingerprint density at radius 3 is 1.89 bits per heavy atom. The quantitative estimate of drug-likeness (QED) is 0.0314. The minimum Gasteiger partial charge on any atom is -0.462 e. The minimum atomic E-state index is -0.861. The lowest BCUT2D eigenvalue weighted by Crippen LogP contribution is -2.28. The van der Waals surface area contributed by atoms with Crippen molar-refractivity contribution in [2.24, 2.45) is 5.92 Å². The van der Waals surface area contributed by atoms with Crippen LogP contribution in [0.25, 0.3) is 0 Å². The van der Waals surface area contributed by atoms with Gasteiger partial charge < -0.3 is 24.8 Å². The number of esters is 2. The summed E-state index contributed by atoms with van der Waals surface area (Å²) in [6.45, 7) is 6.15. The van der Waals surface area contributed by atoms with E-state index in [1.54, 1.807) is 36.5 Å². The van der Waals surface area contributed by atoms with Crippen LogP contribution in [0, 0.1) is 5.92 Å². The summed E-state index contributed by atoms with van der Waals surface area (Å²) >= 11 is 0. The van der Waals surface area contributed by atoms with Gasteiger partial charge in [-0.25, -0.2) is 0 Å². The molecule has 0 bridgehead atoms. The highest BCUT2D eigenvalue weighted by Crippen LogP contribution is 2.14. The highest BCUT2D eigenvalue weighted by atomic mass is 16.6. The standard InChI is InChI=1S/C38H66O7/c1-4-5-6-7-14-19-25-34(40)26-20-16-17-21-27-35(41)28-23-30-37(42)44-32-36(31-39)45-38(43)29-22-15-12-10-8-9-11-13-18-24-33(2)3/h14,16-17,19-21,26-27,33-36,39-41H,4-13,15,18,22-25,28-32H2,1-3H3/b17-16+,19-14-,26-20+,27-21-/t34-,35-,36+/m1/s1. The summed E-state index contributed by atoms with van der Waals surface area (Å²) in [6.07, 6.45) is 30.9. The molecule has 0 unspecified atom stereocenters. The molecule has 7 heteroatoms. The van der Waals surface area contributed by atoms with Gasteiger partial charge in [-0.05, 0) is 44.4 Å². The SMILES string of the molecule is CCCCC/C=C\C[C@@H](O)/C=C/C=C/C=C\[C@@H](O)CCCC(=O)OC[C@H](CO)OC(=O)CCCCCCCCCCCC(C)C. The van der Waals surface area contributed by atoms with Crippen molar-refractivity contribution in [1.82, 2.24) is 0 Å². The van der Waals surface area contributed by atoms with Crippen LogP contribution >= 0.6 is 0 Å². The molecule has 0 aromatic heterocycles. The van der Waals surface area contributed by atoms with E-state index in [1.807, 2.05) is 6.08 Å². The zero-order valence-electron chi connectivity index (χ0n) is 28.8. The van der Waals surface area contributed by atoms with E-state index in [0.29, 0.717) is 25.7 Å². The van der Waals surface area contributed by atoms with Gasteiger partial charge >= 0.3 is 11.9 Å². The normalized spacial score (nSPS) is 14.3. The lowest BCUT2D eigenvalue weighted by Gasteiger charge is -2.16. The van der Waals surface area contributed by atoms with Crippen molar-refractivity contribution in [3.8, 4) is 0 Å². The van der Waals surface area contributed by atoms with Crippen molar-refractivity contribution in [1.29, 1.82) is 0 Å². The molecule has 0 saturated carbocycles. The van der Waals surface area contributed by atoms with E-state index < -0.39 is 30.9 Å². The predicted molar refractivity (Wildman–Crippen MR) is 185 cm³/mol. The fraction of sp³-hybridized carbons (Fsp3) is 0.737. The van der Waals surface area contributed by atoms with Crippen LogP contribution in [0.4, 0.5) is 0 Å². The molecule has 0 aliphatic heterocycles. The zero-order valence-corrected chi connectivity index (χ0v) is 28.8. The number of carbonyl (C=O) groups excluding carboxylic acids is 2. The summed E-state index contributed by atoms with van der Waals surface area (Å²) in [6, 6.07) is 0. The van der Waals surface area contributed by atoms with E-state index >= 15 is 0 Å². The van der Waals surface area contributed by atoms with Crippen molar-refractivity contribution in [3.63, 3.8) is 0 Å². The molecule has 3 atom stereocenters. The van der Waals surface area contributed by atoms with Gasteiger partial charge in [0, 0.05) is 12.8 Å². The number of allylic oxidation sites excluding steroid dienone is 5. The summed E-state index contributed by atoms with van der Waals surface area (Å²) < 4.78 is 10.4. The Kier molecular flexibility index (Phi) is 30.2. The monoisotopic (exact) mass is 634 g/mol. The molecule has 0 aliphatic carbocycles. The number of hydrogen-bond donors (Lipinski definition) is 3. The number of unbranched alkanes of at least 4 members (excludes halogenated alkanes) is 11. The maximum absolute atomic E-state index is 12.1. The van der Waals surface area contributed by atoms with E-state index in [-0.39, 0.29) is 19.0 Å².